The molecule has 0 saturated heterocycles. The minimum atomic E-state index is 0.697. The molecule has 24 heavy (non-hydrogen) atoms. The first-order valence-corrected chi connectivity index (χ1v) is 8.84. The van der Waals surface area contributed by atoms with Crippen LogP contribution < -0.4 is 4.74 Å². The lowest BCUT2D eigenvalue weighted by Gasteiger charge is -2.09. The van der Waals surface area contributed by atoms with Crippen LogP contribution in [0, 0.1) is 0 Å². The number of aromatic nitrogens is 2. The average molecular weight is 338 g/mol. The highest BCUT2D eigenvalue weighted by molar-refractivity contribution is 7.99. The van der Waals surface area contributed by atoms with Crippen LogP contribution in [0.25, 0.3) is 11.0 Å². The lowest BCUT2D eigenvalue weighted by Crippen LogP contribution is -1.98. The van der Waals surface area contributed by atoms with Gasteiger partial charge in [0.1, 0.15) is 5.75 Å². The number of aromatic amines is 2. The van der Waals surface area contributed by atoms with Gasteiger partial charge in [-0.3, -0.25) is 10.2 Å². The van der Waals surface area contributed by atoms with E-state index in [2.05, 4.69) is 53.7 Å². The molecule has 0 bridgehead atoms. The number of H-pyrrole nitrogens is 2. The smallest absolute Gasteiger partial charge is 0.119 e. The summed E-state index contributed by atoms with van der Waals surface area (Å²) in [6, 6.07) is 14.6. The molecule has 0 saturated carbocycles. The maximum atomic E-state index is 5.79. The predicted octanol–water partition coefficient (Wildman–Crippen LogP) is 5.94. The van der Waals surface area contributed by atoms with Crippen LogP contribution in [-0.4, -0.2) is 16.8 Å². The Morgan fingerprint density at radius 3 is 2.33 bits per heavy atom. The molecule has 0 aliphatic heterocycles. The van der Waals surface area contributed by atoms with Crippen molar-refractivity contribution in [3.8, 4) is 5.75 Å². The number of benzene rings is 2. The summed E-state index contributed by atoms with van der Waals surface area (Å²) in [5.41, 5.74) is 4.46. The van der Waals surface area contributed by atoms with E-state index in [-0.39, 0.29) is 0 Å². The Balaban J connectivity index is 1.48. The first-order valence-electron chi connectivity index (χ1n) is 8.02. The first kappa shape index (κ1) is 16.5. The zero-order valence-corrected chi connectivity index (χ0v) is 14.7. The van der Waals surface area contributed by atoms with Crippen molar-refractivity contribution in [1.82, 2.24) is 10.2 Å². The maximum absolute atomic E-state index is 5.79. The van der Waals surface area contributed by atoms with Crippen LogP contribution in [0.15, 0.2) is 76.6 Å². The number of fused-ring (bicyclic) bond motifs is 1. The standard InChI is InChI=1S/C20H22N2OS/c1-14(2)15(3)5-4-12-23-16-6-8-17(9-7-16)24-18-10-11-19-20(13-18)22-21-19/h6-11,13,21-22H,1,3-5,12H2,2H3. The van der Waals surface area contributed by atoms with Gasteiger partial charge in [0.25, 0.3) is 0 Å². The molecule has 1 heterocycles. The van der Waals surface area contributed by atoms with E-state index in [0.717, 1.165) is 40.8 Å². The molecule has 0 atom stereocenters. The Kier molecular flexibility index (Phi) is 5.16. The van der Waals surface area contributed by atoms with E-state index < -0.39 is 0 Å². The Morgan fingerprint density at radius 1 is 1.00 bits per heavy atom. The molecule has 3 rings (SSSR count). The van der Waals surface area contributed by atoms with Gasteiger partial charge in [-0.2, -0.15) is 0 Å². The van der Waals surface area contributed by atoms with Crippen molar-refractivity contribution in [2.45, 2.75) is 29.6 Å². The second-order valence-electron chi connectivity index (χ2n) is 5.87. The van der Waals surface area contributed by atoms with Gasteiger partial charge in [-0.15, -0.1) is 0 Å². The minimum absolute atomic E-state index is 0.697. The lowest BCUT2D eigenvalue weighted by molar-refractivity contribution is 0.311. The molecular weight excluding hydrogens is 316 g/mol. The van der Waals surface area contributed by atoms with Crippen LogP contribution in [0.2, 0.25) is 0 Å². The summed E-state index contributed by atoms with van der Waals surface area (Å²) in [5.74, 6) is 0.906. The highest BCUT2D eigenvalue weighted by Crippen LogP contribution is 2.30. The van der Waals surface area contributed by atoms with E-state index in [1.807, 2.05) is 19.1 Å². The van der Waals surface area contributed by atoms with E-state index in [1.54, 1.807) is 11.8 Å². The molecule has 4 heteroatoms. The van der Waals surface area contributed by atoms with Gasteiger partial charge >= 0.3 is 0 Å². The number of hydrogen-bond acceptors (Lipinski definition) is 2. The van der Waals surface area contributed by atoms with Crippen LogP contribution in [0.3, 0.4) is 0 Å². The van der Waals surface area contributed by atoms with Crippen LogP contribution in [-0.2, 0) is 0 Å². The number of rotatable bonds is 8. The molecule has 0 aliphatic carbocycles. The second kappa shape index (κ2) is 7.49. The monoisotopic (exact) mass is 338 g/mol. The molecule has 0 amide bonds. The summed E-state index contributed by atoms with van der Waals surface area (Å²) in [6.07, 6.45) is 1.89. The van der Waals surface area contributed by atoms with Crippen molar-refractivity contribution in [2.24, 2.45) is 0 Å². The Hall–Kier alpha value is -2.33. The second-order valence-corrected chi connectivity index (χ2v) is 7.01. The number of nitrogens with one attached hydrogen (secondary N) is 2. The highest BCUT2D eigenvalue weighted by atomic mass is 32.2. The molecule has 124 valence electrons. The van der Waals surface area contributed by atoms with Crippen molar-refractivity contribution >= 4 is 22.8 Å². The maximum Gasteiger partial charge on any atom is 0.119 e. The predicted molar refractivity (Wildman–Crippen MR) is 102 cm³/mol. The van der Waals surface area contributed by atoms with Crippen molar-refractivity contribution in [1.29, 1.82) is 0 Å². The van der Waals surface area contributed by atoms with E-state index >= 15 is 0 Å². The third-order valence-corrected chi connectivity index (χ3v) is 4.87. The highest BCUT2D eigenvalue weighted by Gasteiger charge is 2.03. The normalized spacial score (nSPS) is 10.9. The molecule has 3 nitrogen and oxygen atoms in total. The van der Waals surface area contributed by atoms with Gasteiger partial charge in [0.05, 0.1) is 17.6 Å². The summed E-state index contributed by atoms with van der Waals surface area (Å²) in [7, 11) is 0. The summed E-state index contributed by atoms with van der Waals surface area (Å²) in [5, 5.41) is 6.11. The van der Waals surface area contributed by atoms with Gasteiger partial charge in [0.2, 0.25) is 0 Å². The fraction of sp³-hybridized carbons (Fsp3) is 0.200. The number of hydrogen-bond donors (Lipinski definition) is 2. The van der Waals surface area contributed by atoms with Crippen molar-refractivity contribution in [2.75, 3.05) is 6.61 Å². The molecular formula is C20H22N2OS. The van der Waals surface area contributed by atoms with Gasteiger partial charge in [-0.1, -0.05) is 36.1 Å². The largest absolute Gasteiger partial charge is 0.494 e. The minimum Gasteiger partial charge on any atom is -0.494 e. The quantitative estimate of drug-likeness (QED) is 0.394. The molecule has 0 unspecified atom stereocenters. The molecule has 2 aromatic carbocycles. The van der Waals surface area contributed by atoms with Gasteiger partial charge in [-0.05, 0) is 62.2 Å². The average Bonchev–Trinajstić information content (AvgIpc) is 2.55. The summed E-state index contributed by atoms with van der Waals surface area (Å²) < 4.78 is 5.79. The molecule has 0 aliphatic rings. The molecule has 0 radical (unpaired) electrons. The fourth-order valence-electron chi connectivity index (χ4n) is 2.30. The Labute approximate surface area is 146 Å². The van der Waals surface area contributed by atoms with Gasteiger partial charge in [0, 0.05) is 9.79 Å². The molecule has 2 N–H and O–H groups in total. The number of allylic oxidation sites excluding steroid dienone is 2. The third-order valence-electron chi connectivity index (χ3n) is 3.88. The van der Waals surface area contributed by atoms with Crippen molar-refractivity contribution in [3.05, 3.63) is 66.8 Å². The zero-order chi connectivity index (χ0) is 16.9. The van der Waals surface area contributed by atoms with Gasteiger partial charge < -0.3 is 4.74 Å². The number of ether oxygens (including phenoxy) is 1. The zero-order valence-electron chi connectivity index (χ0n) is 13.9. The molecule has 3 aromatic rings. The summed E-state index contributed by atoms with van der Waals surface area (Å²) in [4.78, 5) is 2.42. The van der Waals surface area contributed by atoms with Crippen molar-refractivity contribution in [3.63, 3.8) is 0 Å². The van der Waals surface area contributed by atoms with E-state index in [9.17, 15) is 0 Å². The van der Waals surface area contributed by atoms with Gasteiger partial charge in [-0.25, -0.2) is 0 Å². The SMILES string of the molecule is C=C(C)C(=C)CCCOc1ccc(Sc2ccc3[nH][nH]c3c2)cc1. The topological polar surface area (TPSA) is 40.8 Å². The molecule has 0 fully saturated rings. The van der Waals surface area contributed by atoms with Crippen molar-refractivity contribution < 1.29 is 4.74 Å². The van der Waals surface area contributed by atoms with Gasteiger partial charge in [0.15, 0.2) is 0 Å². The van der Waals surface area contributed by atoms with Crippen LogP contribution in [0.5, 0.6) is 5.75 Å². The van der Waals surface area contributed by atoms with Crippen LogP contribution in [0.4, 0.5) is 0 Å². The summed E-state index contributed by atoms with van der Waals surface area (Å²) in [6.45, 7) is 10.6. The third kappa shape index (κ3) is 4.15. The molecule has 1 aromatic heterocycles. The fourth-order valence-corrected chi connectivity index (χ4v) is 3.16. The Bertz CT molecular complexity index is 842. The summed E-state index contributed by atoms with van der Waals surface area (Å²) >= 11 is 1.74. The van der Waals surface area contributed by atoms with Crippen LogP contribution >= 0.6 is 11.8 Å². The Morgan fingerprint density at radius 2 is 1.71 bits per heavy atom. The van der Waals surface area contributed by atoms with E-state index in [4.69, 9.17) is 4.74 Å². The lowest BCUT2D eigenvalue weighted by atomic mass is 10.1. The van der Waals surface area contributed by atoms with E-state index in [1.165, 1.54) is 9.79 Å². The first-order chi connectivity index (χ1) is 11.6. The van der Waals surface area contributed by atoms with Crippen LogP contribution in [0.1, 0.15) is 19.8 Å². The molecule has 0 spiro atoms. The van der Waals surface area contributed by atoms with E-state index in [0.29, 0.717) is 6.61 Å².